The van der Waals surface area contributed by atoms with Crippen LogP contribution in [0.3, 0.4) is 0 Å². The number of benzene rings is 1. The Morgan fingerprint density at radius 2 is 2.12 bits per heavy atom. The van der Waals surface area contributed by atoms with Crippen molar-refractivity contribution in [3.63, 3.8) is 0 Å². The lowest BCUT2D eigenvalue weighted by molar-refractivity contribution is -0.126. The van der Waals surface area contributed by atoms with Gasteiger partial charge < -0.3 is 9.84 Å². The van der Waals surface area contributed by atoms with Crippen molar-refractivity contribution in [2.75, 3.05) is 7.05 Å². The SMILES string of the molecule is CNC(=O)[C@H]1Cc2ccccc2CN1Cc1nc(CC(C)C)no1. The van der Waals surface area contributed by atoms with E-state index in [0.29, 0.717) is 31.3 Å². The highest BCUT2D eigenvalue weighted by Gasteiger charge is 2.32. The minimum atomic E-state index is -0.217. The number of carbonyl (C=O) groups is 1. The maximum Gasteiger partial charge on any atom is 0.240 e. The van der Waals surface area contributed by atoms with Gasteiger partial charge in [0.15, 0.2) is 5.82 Å². The Balaban J connectivity index is 1.79. The molecule has 2 heterocycles. The van der Waals surface area contributed by atoms with Gasteiger partial charge in [-0.3, -0.25) is 9.69 Å². The van der Waals surface area contributed by atoms with Crippen LogP contribution in [0, 0.1) is 5.92 Å². The number of aromatic nitrogens is 2. The number of hydrogen-bond acceptors (Lipinski definition) is 5. The molecule has 1 aromatic carbocycles. The van der Waals surface area contributed by atoms with Gasteiger partial charge in [0.1, 0.15) is 0 Å². The molecule has 0 aliphatic carbocycles. The van der Waals surface area contributed by atoms with Crippen LogP contribution in [0.15, 0.2) is 28.8 Å². The second kappa shape index (κ2) is 7.13. The van der Waals surface area contributed by atoms with Crippen molar-refractivity contribution in [2.24, 2.45) is 5.92 Å². The molecule has 0 saturated heterocycles. The zero-order valence-corrected chi connectivity index (χ0v) is 14.5. The van der Waals surface area contributed by atoms with Crippen LogP contribution < -0.4 is 5.32 Å². The van der Waals surface area contributed by atoms with Gasteiger partial charge in [-0.25, -0.2) is 0 Å². The summed E-state index contributed by atoms with van der Waals surface area (Å²) in [5, 5.41) is 6.81. The largest absolute Gasteiger partial charge is 0.358 e. The van der Waals surface area contributed by atoms with E-state index in [1.807, 2.05) is 12.1 Å². The predicted molar refractivity (Wildman–Crippen MR) is 90.1 cm³/mol. The average Bonchev–Trinajstić information content (AvgIpc) is 2.99. The Kier molecular flexibility index (Phi) is 4.94. The quantitative estimate of drug-likeness (QED) is 0.908. The number of nitrogens with zero attached hydrogens (tertiary/aromatic N) is 3. The third kappa shape index (κ3) is 3.64. The first-order chi connectivity index (χ1) is 11.6. The van der Waals surface area contributed by atoms with Crippen molar-refractivity contribution < 1.29 is 9.32 Å². The number of fused-ring (bicyclic) bond motifs is 1. The van der Waals surface area contributed by atoms with Crippen LogP contribution in [0.4, 0.5) is 0 Å². The number of nitrogens with one attached hydrogen (secondary N) is 1. The maximum absolute atomic E-state index is 12.3. The van der Waals surface area contributed by atoms with E-state index in [1.165, 1.54) is 11.1 Å². The molecule has 6 nitrogen and oxygen atoms in total. The van der Waals surface area contributed by atoms with Gasteiger partial charge >= 0.3 is 0 Å². The van der Waals surface area contributed by atoms with E-state index in [9.17, 15) is 4.79 Å². The van der Waals surface area contributed by atoms with Crippen molar-refractivity contribution >= 4 is 5.91 Å². The zero-order chi connectivity index (χ0) is 17.1. The highest BCUT2D eigenvalue weighted by Crippen LogP contribution is 2.25. The summed E-state index contributed by atoms with van der Waals surface area (Å²) in [7, 11) is 1.68. The summed E-state index contributed by atoms with van der Waals surface area (Å²) in [5.74, 6) is 1.80. The summed E-state index contributed by atoms with van der Waals surface area (Å²) < 4.78 is 5.38. The maximum atomic E-state index is 12.3. The van der Waals surface area contributed by atoms with Gasteiger partial charge in [-0.2, -0.15) is 4.98 Å². The van der Waals surface area contributed by atoms with Crippen molar-refractivity contribution in [1.82, 2.24) is 20.4 Å². The molecule has 0 radical (unpaired) electrons. The summed E-state index contributed by atoms with van der Waals surface area (Å²) >= 11 is 0. The van der Waals surface area contributed by atoms with Gasteiger partial charge in [0.25, 0.3) is 0 Å². The lowest BCUT2D eigenvalue weighted by atomic mass is 9.93. The van der Waals surface area contributed by atoms with Crippen LogP contribution in [-0.2, 0) is 30.7 Å². The summed E-state index contributed by atoms with van der Waals surface area (Å²) in [6.07, 6.45) is 1.49. The molecule has 1 aliphatic rings. The van der Waals surface area contributed by atoms with Crippen molar-refractivity contribution in [3.05, 3.63) is 47.1 Å². The molecule has 1 aliphatic heterocycles. The van der Waals surface area contributed by atoms with Crippen LogP contribution in [0.2, 0.25) is 0 Å². The molecule has 3 rings (SSSR count). The van der Waals surface area contributed by atoms with E-state index in [0.717, 1.165) is 12.2 Å². The fraction of sp³-hybridized carbons (Fsp3) is 0.500. The summed E-state index contributed by atoms with van der Waals surface area (Å²) in [4.78, 5) is 18.9. The van der Waals surface area contributed by atoms with Crippen molar-refractivity contribution in [3.8, 4) is 0 Å². The topological polar surface area (TPSA) is 71.3 Å². The molecule has 2 aromatic rings. The lowest BCUT2D eigenvalue weighted by Crippen LogP contribution is -2.49. The van der Waals surface area contributed by atoms with Gasteiger partial charge in [0.2, 0.25) is 11.8 Å². The van der Waals surface area contributed by atoms with Crippen molar-refractivity contribution in [1.29, 1.82) is 0 Å². The van der Waals surface area contributed by atoms with Gasteiger partial charge in [-0.15, -0.1) is 0 Å². The summed E-state index contributed by atoms with van der Waals surface area (Å²) in [6, 6.07) is 8.04. The third-order valence-corrected chi connectivity index (χ3v) is 4.33. The van der Waals surface area contributed by atoms with Crippen LogP contribution in [-0.4, -0.2) is 34.0 Å². The van der Waals surface area contributed by atoms with E-state index in [4.69, 9.17) is 4.52 Å². The molecule has 0 saturated carbocycles. The molecule has 1 N–H and O–H groups in total. The Labute approximate surface area is 142 Å². The molecule has 1 amide bonds. The highest BCUT2D eigenvalue weighted by atomic mass is 16.5. The normalized spacial score (nSPS) is 17.8. The summed E-state index contributed by atoms with van der Waals surface area (Å²) in [6.45, 7) is 5.44. The van der Waals surface area contributed by atoms with Crippen LogP contribution in [0.5, 0.6) is 0 Å². The predicted octanol–water partition coefficient (Wildman–Crippen LogP) is 1.94. The Morgan fingerprint density at radius 3 is 2.83 bits per heavy atom. The molecule has 0 unspecified atom stereocenters. The van der Waals surface area contributed by atoms with E-state index in [-0.39, 0.29) is 11.9 Å². The molecule has 128 valence electrons. The highest BCUT2D eigenvalue weighted by molar-refractivity contribution is 5.82. The van der Waals surface area contributed by atoms with Gasteiger partial charge in [-0.1, -0.05) is 43.3 Å². The molecule has 0 fully saturated rings. The monoisotopic (exact) mass is 328 g/mol. The molecule has 0 spiro atoms. The minimum absolute atomic E-state index is 0.0198. The molecular formula is C18H24N4O2. The molecule has 1 atom stereocenters. The van der Waals surface area contributed by atoms with E-state index >= 15 is 0 Å². The van der Waals surface area contributed by atoms with E-state index in [2.05, 4.69) is 46.3 Å². The van der Waals surface area contributed by atoms with Crippen LogP contribution in [0.25, 0.3) is 0 Å². The number of rotatable bonds is 5. The Morgan fingerprint density at radius 1 is 1.38 bits per heavy atom. The average molecular weight is 328 g/mol. The number of carbonyl (C=O) groups excluding carboxylic acids is 1. The fourth-order valence-electron chi connectivity index (χ4n) is 3.14. The minimum Gasteiger partial charge on any atom is -0.358 e. The standard InChI is InChI=1S/C18H24N4O2/c1-12(2)8-16-20-17(24-21-16)11-22-10-14-7-5-4-6-13(14)9-15(22)18(23)19-3/h4-7,12,15H,8-11H2,1-3H3,(H,19,23)/t15-/m1/s1. The zero-order valence-electron chi connectivity index (χ0n) is 14.5. The number of hydrogen-bond donors (Lipinski definition) is 1. The Hall–Kier alpha value is -2.21. The fourth-order valence-corrected chi connectivity index (χ4v) is 3.14. The summed E-state index contributed by atoms with van der Waals surface area (Å²) in [5.41, 5.74) is 2.48. The number of likely N-dealkylation sites (N-methyl/N-ethyl adjacent to an activating group) is 1. The smallest absolute Gasteiger partial charge is 0.240 e. The van der Waals surface area contributed by atoms with E-state index in [1.54, 1.807) is 7.05 Å². The molecule has 6 heteroatoms. The third-order valence-electron chi connectivity index (χ3n) is 4.33. The van der Waals surface area contributed by atoms with Gasteiger partial charge in [-0.05, 0) is 23.5 Å². The molecule has 24 heavy (non-hydrogen) atoms. The molecule has 1 aromatic heterocycles. The first kappa shape index (κ1) is 16.6. The first-order valence-corrected chi connectivity index (χ1v) is 8.40. The molecule has 0 bridgehead atoms. The van der Waals surface area contributed by atoms with Gasteiger partial charge in [0.05, 0.1) is 12.6 Å². The van der Waals surface area contributed by atoms with E-state index < -0.39 is 0 Å². The Bertz CT molecular complexity index is 711. The van der Waals surface area contributed by atoms with Crippen LogP contribution in [0.1, 0.15) is 36.7 Å². The second-order valence-corrected chi connectivity index (χ2v) is 6.71. The van der Waals surface area contributed by atoms with Gasteiger partial charge in [0, 0.05) is 20.0 Å². The molecular weight excluding hydrogens is 304 g/mol. The van der Waals surface area contributed by atoms with Crippen LogP contribution >= 0.6 is 0 Å². The second-order valence-electron chi connectivity index (χ2n) is 6.71. The van der Waals surface area contributed by atoms with Crippen molar-refractivity contribution in [2.45, 2.75) is 45.8 Å². The number of amides is 1. The lowest BCUT2D eigenvalue weighted by Gasteiger charge is -2.34. The first-order valence-electron chi connectivity index (χ1n) is 8.40.